The van der Waals surface area contributed by atoms with Crippen LogP contribution < -0.4 is 0 Å². The van der Waals surface area contributed by atoms with Gasteiger partial charge in [-0.3, -0.25) is 14.8 Å². The molecular weight excluding hydrogens is 284 g/mol. The molecule has 1 aromatic heterocycles. The fourth-order valence-corrected chi connectivity index (χ4v) is 2.22. The van der Waals surface area contributed by atoms with Crippen molar-refractivity contribution in [1.29, 1.82) is 0 Å². The van der Waals surface area contributed by atoms with Crippen LogP contribution in [0.2, 0.25) is 0 Å². The van der Waals surface area contributed by atoms with Crippen molar-refractivity contribution in [2.75, 3.05) is 0 Å². The van der Waals surface area contributed by atoms with Crippen LogP contribution in [0.3, 0.4) is 0 Å². The van der Waals surface area contributed by atoms with Crippen LogP contribution >= 0.6 is 0 Å². The Bertz CT molecular complexity index is 634. The van der Waals surface area contributed by atoms with Crippen molar-refractivity contribution < 1.29 is 4.79 Å². The summed E-state index contributed by atoms with van der Waals surface area (Å²) in [5.74, 6) is 0. The molecule has 0 aromatic carbocycles. The van der Waals surface area contributed by atoms with Gasteiger partial charge in [0, 0.05) is 35.5 Å². The third-order valence-corrected chi connectivity index (χ3v) is 3.67. The number of unbranched alkanes of at least 4 members (excludes halogenated alkanes) is 1. The van der Waals surface area contributed by atoms with Gasteiger partial charge in [0.2, 0.25) is 0 Å². The molecular formula is C20H26N2O. The second kappa shape index (κ2) is 9.67. The number of aliphatic imine (C=N–C) groups is 1. The Morgan fingerprint density at radius 3 is 2.57 bits per heavy atom. The molecule has 3 heteroatoms. The average molecular weight is 310 g/mol. The number of aldehydes is 1. The van der Waals surface area contributed by atoms with Gasteiger partial charge in [-0.2, -0.15) is 0 Å². The Balaban J connectivity index is 3.22. The first-order valence-corrected chi connectivity index (χ1v) is 8.00. The fourth-order valence-electron chi connectivity index (χ4n) is 2.22. The Morgan fingerprint density at radius 1 is 1.35 bits per heavy atom. The van der Waals surface area contributed by atoms with E-state index in [1.807, 2.05) is 39.1 Å². The number of rotatable bonds is 8. The Morgan fingerprint density at radius 2 is 2.09 bits per heavy atom. The highest BCUT2D eigenvalue weighted by atomic mass is 16.1. The first-order valence-electron chi connectivity index (χ1n) is 8.00. The number of hydrogen-bond acceptors (Lipinski definition) is 3. The largest absolute Gasteiger partial charge is 0.298 e. The lowest BCUT2D eigenvalue weighted by Gasteiger charge is -2.11. The van der Waals surface area contributed by atoms with Crippen molar-refractivity contribution in [3.8, 4) is 0 Å². The highest BCUT2D eigenvalue weighted by Gasteiger charge is 2.11. The maximum Gasteiger partial charge on any atom is 0.151 e. The molecule has 3 nitrogen and oxygen atoms in total. The van der Waals surface area contributed by atoms with Gasteiger partial charge in [-0.25, -0.2) is 0 Å². The maximum absolute atomic E-state index is 11.6. The van der Waals surface area contributed by atoms with Gasteiger partial charge in [0.15, 0.2) is 6.29 Å². The zero-order valence-electron chi connectivity index (χ0n) is 14.6. The van der Waals surface area contributed by atoms with Crippen LogP contribution in [0.1, 0.15) is 51.8 Å². The first-order chi connectivity index (χ1) is 11.0. The summed E-state index contributed by atoms with van der Waals surface area (Å²) in [4.78, 5) is 20.3. The summed E-state index contributed by atoms with van der Waals surface area (Å²) in [5, 5.41) is 0. The molecule has 0 N–H and O–H groups in total. The summed E-state index contributed by atoms with van der Waals surface area (Å²) in [6.07, 6.45) is 9.35. The van der Waals surface area contributed by atoms with Crippen molar-refractivity contribution >= 4 is 18.1 Å². The molecule has 1 aromatic rings. The molecule has 0 saturated heterocycles. The highest BCUT2D eigenvalue weighted by Crippen LogP contribution is 2.26. The van der Waals surface area contributed by atoms with E-state index in [2.05, 4.69) is 23.5 Å². The van der Waals surface area contributed by atoms with Gasteiger partial charge in [0.05, 0.1) is 0 Å². The predicted octanol–water partition coefficient (Wildman–Crippen LogP) is 4.95. The Hall–Kier alpha value is -2.29. The van der Waals surface area contributed by atoms with Crippen molar-refractivity contribution in [2.45, 2.75) is 47.0 Å². The van der Waals surface area contributed by atoms with Crippen molar-refractivity contribution in [1.82, 2.24) is 4.98 Å². The minimum atomic E-state index is 0.603. The van der Waals surface area contributed by atoms with E-state index in [-0.39, 0.29) is 0 Å². The quantitative estimate of drug-likeness (QED) is 0.295. The first kappa shape index (κ1) is 18.8. The molecule has 0 radical (unpaired) electrons. The average Bonchev–Trinajstić information content (AvgIpc) is 2.56. The molecule has 0 aliphatic carbocycles. The van der Waals surface area contributed by atoms with Crippen molar-refractivity contribution in [3.05, 3.63) is 59.1 Å². The van der Waals surface area contributed by atoms with Gasteiger partial charge < -0.3 is 0 Å². The third kappa shape index (κ3) is 5.44. The van der Waals surface area contributed by atoms with E-state index >= 15 is 0 Å². The predicted molar refractivity (Wildman–Crippen MR) is 98.6 cm³/mol. The van der Waals surface area contributed by atoms with E-state index < -0.39 is 0 Å². The van der Waals surface area contributed by atoms with Crippen LogP contribution in [-0.2, 0) is 11.2 Å². The smallest absolute Gasteiger partial charge is 0.151 e. The zero-order valence-corrected chi connectivity index (χ0v) is 14.6. The summed E-state index contributed by atoms with van der Waals surface area (Å²) in [6.45, 7) is 11.8. The molecule has 0 aliphatic heterocycles. The van der Waals surface area contributed by atoms with Gasteiger partial charge in [0.25, 0.3) is 0 Å². The van der Waals surface area contributed by atoms with Gasteiger partial charge in [0.1, 0.15) is 0 Å². The molecule has 0 saturated carbocycles. The van der Waals surface area contributed by atoms with E-state index in [0.717, 1.165) is 53.5 Å². The minimum Gasteiger partial charge on any atom is -0.298 e. The van der Waals surface area contributed by atoms with E-state index in [4.69, 9.17) is 0 Å². The minimum absolute atomic E-state index is 0.603. The SMILES string of the molecule is C=C(C)C(=C\N=CC)/C(C=O)=C(\C)c1ccc(CCCC)nc1. The number of carbonyl (C=O) groups excluding carboxylic acids is 1. The van der Waals surface area contributed by atoms with Gasteiger partial charge >= 0.3 is 0 Å². The van der Waals surface area contributed by atoms with Gasteiger partial charge in [-0.1, -0.05) is 26.0 Å². The van der Waals surface area contributed by atoms with Crippen LogP contribution in [0.25, 0.3) is 5.57 Å². The second-order valence-electron chi connectivity index (χ2n) is 5.53. The summed E-state index contributed by atoms with van der Waals surface area (Å²) in [6, 6.07) is 4.06. The van der Waals surface area contributed by atoms with E-state index in [0.29, 0.717) is 5.57 Å². The van der Waals surface area contributed by atoms with Crippen LogP contribution in [0, 0.1) is 0 Å². The summed E-state index contributed by atoms with van der Waals surface area (Å²) in [7, 11) is 0. The van der Waals surface area contributed by atoms with Crippen LogP contribution in [0.5, 0.6) is 0 Å². The van der Waals surface area contributed by atoms with E-state index in [1.165, 1.54) is 0 Å². The normalized spacial score (nSPS) is 13.1. The molecule has 122 valence electrons. The van der Waals surface area contributed by atoms with Gasteiger partial charge in [-0.15, -0.1) is 0 Å². The Kier molecular flexibility index (Phi) is 7.89. The molecule has 0 spiro atoms. The number of aromatic nitrogens is 1. The molecule has 1 heterocycles. The lowest BCUT2D eigenvalue weighted by atomic mass is 9.94. The molecule has 0 aliphatic rings. The summed E-state index contributed by atoms with van der Waals surface area (Å²) >= 11 is 0. The number of pyridine rings is 1. The molecule has 0 unspecified atom stereocenters. The third-order valence-electron chi connectivity index (χ3n) is 3.67. The van der Waals surface area contributed by atoms with Gasteiger partial charge in [-0.05, 0) is 56.4 Å². The molecule has 0 atom stereocenters. The Labute approximate surface area is 139 Å². The van der Waals surface area contributed by atoms with Crippen LogP contribution in [0.15, 0.2) is 52.8 Å². The molecule has 0 bridgehead atoms. The topological polar surface area (TPSA) is 42.3 Å². The maximum atomic E-state index is 11.6. The number of nitrogens with zero attached hydrogens (tertiary/aromatic N) is 2. The molecule has 0 amide bonds. The standard InChI is InChI=1S/C20H26N2O/c1-6-8-9-18-11-10-17(12-22-18)16(5)20(14-23)19(15(3)4)13-21-7-2/h7,10-14H,3,6,8-9H2,1-2,4-5H3/b19-13+,20-16+,21-7?. The summed E-state index contributed by atoms with van der Waals surface area (Å²) < 4.78 is 0. The number of hydrogen-bond donors (Lipinski definition) is 0. The van der Waals surface area contributed by atoms with Crippen molar-refractivity contribution in [3.63, 3.8) is 0 Å². The van der Waals surface area contributed by atoms with Crippen LogP contribution in [0.4, 0.5) is 0 Å². The lowest BCUT2D eigenvalue weighted by Crippen LogP contribution is -1.98. The molecule has 0 fully saturated rings. The van der Waals surface area contributed by atoms with Crippen molar-refractivity contribution in [2.24, 2.45) is 4.99 Å². The molecule has 23 heavy (non-hydrogen) atoms. The number of allylic oxidation sites excluding steroid dienone is 4. The highest BCUT2D eigenvalue weighted by molar-refractivity contribution is 5.94. The number of carbonyl (C=O) groups is 1. The van der Waals surface area contributed by atoms with E-state index in [1.54, 1.807) is 12.4 Å². The molecule has 1 rings (SSSR count). The number of aryl methyl sites for hydroxylation is 1. The fraction of sp³-hybridized carbons (Fsp3) is 0.350. The monoisotopic (exact) mass is 310 g/mol. The van der Waals surface area contributed by atoms with E-state index in [9.17, 15) is 4.79 Å². The zero-order chi connectivity index (χ0) is 17.2. The lowest BCUT2D eigenvalue weighted by molar-refractivity contribution is -0.104. The summed E-state index contributed by atoms with van der Waals surface area (Å²) in [5.41, 5.74) is 5.08. The van der Waals surface area contributed by atoms with Crippen LogP contribution in [-0.4, -0.2) is 17.5 Å². The second-order valence-corrected chi connectivity index (χ2v) is 5.53.